The number of rotatable bonds is 6. The smallest absolute Gasteiger partial charge is 0.344 e. The number of benzene rings is 1. The van der Waals surface area contributed by atoms with E-state index in [0.717, 1.165) is 0 Å². The summed E-state index contributed by atoms with van der Waals surface area (Å²) in [6.45, 7) is 4.50. The number of cyclic esters (lactones) is 1. The zero-order valence-corrected chi connectivity index (χ0v) is 15.9. The van der Waals surface area contributed by atoms with Crippen LogP contribution in [0.5, 0.6) is 11.5 Å². The van der Waals surface area contributed by atoms with E-state index in [4.69, 9.17) is 14.2 Å². The van der Waals surface area contributed by atoms with Crippen LogP contribution in [-0.2, 0) is 14.3 Å². The van der Waals surface area contributed by atoms with Crippen molar-refractivity contribution in [2.24, 2.45) is 5.92 Å². The Morgan fingerprint density at radius 3 is 2.67 bits per heavy atom. The molecular weight excluding hydrogens is 352 g/mol. The van der Waals surface area contributed by atoms with Crippen molar-refractivity contribution >= 4 is 17.8 Å². The molecule has 8 heteroatoms. The highest BCUT2D eigenvalue weighted by molar-refractivity contribution is 5.99. The van der Waals surface area contributed by atoms with Crippen molar-refractivity contribution < 1.29 is 28.6 Å². The first-order valence-corrected chi connectivity index (χ1v) is 8.93. The molecule has 3 rings (SSSR count). The summed E-state index contributed by atoms with van der Waals surface area (Å²) < 4.78 is 16.0. The molecule has 2 aliphatic heterocycles. The van der Waals surface area contributed by atoms with Gasteiger partial charge in [0.1, 0.15) is 11.6 Å². The largest absolute Gasteiger partial charge is 0.493 e. The van der Waals surface area contributed by atoms with Gasteiger partial charge < -0.3 is 19.5 Å². The Labute approximate surface area is 157 Å². The van der Waals surface area contributed by atoms with Gasteiger partial charge in [-0.3, -0.25) is 14.5 Å². The molecule has 2 atom stereocenters. The summed E-state index contributed by atoms with van der Waals surface area (Å²) in [5.41, 5.74) is 0.720. The van der Waals surface area contributed by atoms with Crippen LogP contribution in [0, 0.1) is 5.92 Å². The van der Waals surface area contributed by atoms with E-state index in [1.807, 2.05) is 13.8 Å². The highest BCUT2D eigenvalue weighted by Crippen LogP contribution is 2.45. The van der Waals surface area contributed by atoms with Gasteiger partial charge in [0.05, 0.1) is 14.2 Å². The molecule has 8 nitrogen and oxygen atoms in total. The van der Waals surface area contributed by atoms with E-state index in [0.29, 0.717) is 30.2 Å². The molecule has 2 amide bonds. The summed E-state index contributed by atoms with van der Waals surface area (Å²) in [4.78, 5) is 38.9. The standard InChI is InChI=1S/C19H24N2O6/c1-10(2)9-20-17(23)12-6-8-14(22)21(12)18-11-5-7-13(25-3)16(26-4)15(11)19(24)27-18/h5,7,10,12,18H,6,8-9H2,1-4H3,(H,20,23)/t12-,18-/m0/s1. The number of amides is 2. The minimum atomic E-state index is -0.947. The van der Waals surface area contributed by atoms with Crippen LogP contribution in [0.15, 0.2) is 12.1 Å². The normalized spacial score (nSPS) is 21.3. The average Bonchev–Trinajstić information content (AvgIpc) is 3.18. The fourth-order valence-electron chi connectivity index (χ4n) is 3.47. The van der Waals surface area contributed by atoms with Crippen molar-refractivity contribution in [2.75, 3.05) is 20.8 Å². The predicted molar refractivity (Wildman–Crippen MR) is 95.4 cm³/mol. The van der Waals surface area contributed by atoms with Gasteiger partial charge in [0, 0.05) is 18.5 Å². The highest BCUT2D eigenvalue weighted by atomic mass is 16.6. The third kappa shape index (κ3) is 3.31. The number of hydrogen-bond donors (Lipinski definition) is 1. The second-order valence-corrected chi connectivity index (χ2v) is 7.02. The fraction of sp³-hybridized carbons (Fsp3) is 0.526. The molecule has 1 aromatic rings. The molecule has 0 spiro atoms. The van der Waals surface area contributed by atoms with Gasteiger partial charge in [0.25, 0.3) is 0 Å². The van der Waals surface area contributed by atoms with Crippen molar-refractivity contribution in [2.45, 2.75) is 39.0 Å². The first-order chi connectivity index (χ1) is 12.9. The summed E-state index contributed by atoms with van der Waals surface area (Å²) in [6.07, 6.45) is -0.326. The molecule has 146 valence electrons. The third-order valence-electron chi connectivity index (χ3n) is 4.76. The maximum atomic E-state index is 12.6. The number of hydrogen-bond acceptors (Lipinski definition) is 6. The average molecular weight is 376 g/mol. The van der Waals surface area contributed by atoms with Crippen LogP contribution in [0.2, 0.25) is 0 Å². The minimum Gasteiger partial charge on any atom is -0.493 e. The highest BCUT2D eigenvalue weighted by Gasteiger charge is 2.47. The third-order valence-corrected chi connectivity index (χ3v) is 4.76. The molecule has 0 aliphatic carbocycles. The number of ether oxygens (including phenoxy) is 3. The molecule has 2 heterocycles. The molecule has 0 saturated carbocycles. The van der Waals surface area contributed by atoms with Gasteiger partial charge in [-0.05, 0) is 24.5 Å². The van der Waals surface area contributed by atoms with Crippen molar-refractivity contribution in [3.05, 3.63) is 23.3 Å². The maximum Gasteiger partial charge on any atom is 0.344 e. The quantitative estimate of drug-likeness (QED) is 0.759. The van der Waals surface area contributed by atoms with E-state index in [9.17, 15) is 14.4 Å². The number of esters is 1. The number of nitrogens with zero attached hydrogens (tertiary/aromatic N) is 1. The van der Waals surface area contributed by atoms with E-state index in [-0.39, 0.29) is 29.5 Å². The van der Waals surface area contributed by atoms with Gasteiger partial charge in [0.2, 0.25) is 18.0 Å². The van der Waals surface area contributed by atoms with Gasteiger partial charge in [-0.25, -0.2) is 4.79 Å². The van der Waals surface area contributed by atoms with Gasteiger partial charge in [-0.15, -0.1) is 0 Å². The van der Waals surface area contributed by atoms with E-state index in [1.54, 1.807) is 12.1 Å². The summed E-state index contributed by atoms with van der Waals surface area (Å²) >= 11 is 0. The molecule has 0 bridgehead atoms. The fourth-order valence-corrected chi connectivity index (χ4v) is 3.47. The lowest BCUT2D eigenvalue weighted by molar-refractivity contribution is -0.145. The summed E-state index contributed by atoms with van der Waals surface area (Å²) in [7, 11) is 2.91. The van der Waals surface area contributed by atoms with Gasteiger partial charge >= 0.3 is 5.97 Å². The number of nitrogens with one attached hydrogen (secondary N) is 1. The van der Waals surface area contributed by atoms with Gasteiger partial charge in [-0.1, -0.05) is 13.8 Å². The molecule has 0 unspecified atom stereocenters. The molecular formula is C19H24N2O6. The van der Waals surface area contributed by atoms with Crippen LogP contribution in [0.1, 0.15) is 48.8 Å². The first-order valence-electron chi connectivity index (χ1n) is 8.93. The van der Waals surface area contributed by atoms with Crippen molar-refractivity contribution in [1.29, 1.82) is 0 Å². The number of carbonyl (C=O) groups is 3. The summed E-state index contributed by atoms with van der Waals surface area (Å²) in [6, 6.07) is 2.65. The van der Waals surface area contributed by atoms with Gasteiger partial charge in [-0.2, -0.15) is 0 Å². The molecule has 2 aliphatic rings. The Bertz CT molecular complexity index is 776. The number of methoxy groups -OCH3 is 2. The Hall–Kier alpha value is -2.77. The van der Waals surface area contributed by atoms with Crippen molar-refractivity contribution in [3.63, 3.8) is 0 Å². The monoisotopic (exact) mass is 376 g/mol. The van der Waals surface area contributed by atoms with Crippen molar-refractivity contribution in [3.8, 4) is 11.5 Å². The Kier molecular flexibility index (Phi) is 5.25. The van der Waals surface area contributed by atoms with Crippen molar-refractivity contribution in [1.82, 2.24) is 10.2 Å². The second-order valence-electron chi connectivity index (χ2n) is 7.02. The lowest BCUT2D eigenvalue weighted by Gasteiger charge is -2.29. The Morgan fingerprint density at radius 1 is 1.30 bits per heavy atom. The summed E-state index contributed by atoms with van der Waals surface area (Å²) in [5, 5.41) is 2.86. The minimum absolute atomic E-state index is 0.222. The summed E-state index contributed by atoms with van der Waals surface area (Å²) in [5.74, 6) is -0.115. The first kappa shape index (κ1) is 19.0. The van der Waals surface area contributed by atoms with Gasteiger partial charge in [0.15, 0.2) is 11.5 Å². The lowest BCUT2D eigenvalue weighted by Crippen LogP contribution is -2.47. The lowest BCUT2D eigenvalue weighted by atomic mass is 10.0. The number of likely N-dealkylation sites (tertiary alicyclic amines) is 1. The van der Waals surface area contributed by atoms with Crippen LogP contribution in [-0.4, -0.2) is 49.5 Å². The topological polar surface area (TPSA) is 94.2 Å². The second kappa shape index (κ2) is 7.46. The van der Waals surface area contributed by atoms with Crippen LogP contribution >= 0.6 is 0 Å². The molecule has 0 radical (unpaired) electrons. The molecule has 0 aromatic heterocycles. The molecule has 1 fully saturated rings. The number of fused-ring (bicyclic) bond motifs is 1. The van der Waals surface area contributed by atoms with Crippen LogP contribution in [0.3, 0.4) is 0 Å². The molecule has 1 saturated heterocycles. The SMILES string of the molecule is COc1ccc2c(c1OC)C(=O)O[C@@H]2N1C(=O)CC[C@H]1C(=O)NCC(C)C. The molecule has 27 heavy (non-hydrogen) atoms. The Balaban J connectivity index is 1.94. The molecule has 1 aromatic carbocycles. The van der Waals surface area contributed by atoms with E-state index in [2.05, 4.69) is 5.32 Å². The Morgan fingerprint density at radius 2 is 2.04 bits per heavy atom. The maximum absolute atomic E-state index is 12.6. The van der Waals surface area contributed by atoms with Crippen LogP contribution < -0.4 is 14.8 Å². The number of carbonyl (C=O) groups excluding carboxylic acids is 3. The predicted octanol–water partition coefficient (Wildman–Crippen LogP) is 1.64. The van der Waals surface area contributed by atoms with Crippen LogP contribution in [0.4, 0.5) is 0 Å². The van der Waals surface area contributed by atoms with E-state index >= 15 is 0 Å². The van der Waals surface area contributed by atoms with E-state index < -0.39 is 18.2 Å². The van der Waals surface area contributed by atoms with E-state index in [1.165, 1.54) is 19.1 Å². The van der Waals surface area contributed by atoms with Crippen LogP contribution in [0.25, 0.3) is 0 Å². The zero-order chi connectivity index (χ0) is 19.7. The zero-order valence-electron chi connectivity index (χ0n) is 15.9. The molecule has 1 N–H and O–H groups in total.